The Bertz CT molecular complexity index is 401. The van der Waals surface area contributed by atoms with Gasteiger partial charge in [-0.2, -0.15) is 4.98 Å². The number of aliphatic hydroxyl groups is 1. The number of anilines is 1. The second-order valence-corrected chi connectivity index (χ2v) is 3.07. The number of hydrogen-bond acceptors (Lipinski definition) is 6. The summed E-state index contributed by atoms with van der Waals surface area (Å²) in [6, 6.07) is -1.42. The Labute approximate surface area is 89.7 Å². The highest BCUT2D eigenvalue weighted by Gasteiger charge is 2.26. The zero-order valence-corrected chi connectivity index (χ0v) is 8.34. The minimum absolute atomic E-state index is 0.130. The van der Waals surface area contributed by atoms with Crippen molar-refractivity contribution in [1.82, 2.24) is 20.5 Å². The standard InChI is InChI=1S/C7H11N5O4/c1-2(13)3(6(15)16)9-5(14)4-10-7(8)12-11-4/h2-3,13H,1H3,(H,9,14)(H,15,16)(H3,8,10,11,12). The van der Waals surface area contributed by atoms with Crippen molar-refractivity contribution in [2.24, 2.45) is 0 Å². The largest absolute Gasteiger partial charge is 0.480 e. The molecule has 2 atom stereocenters. The SMILES string of the molecule is CC(O)C(NC(=O)c1nc(N)n[nH]1)C(=O)O. The maximum absolute atomic E-state index is 11.4. The van der Waals surface area contributed by atoms with Crippen LogP contribution in [-0.4, -0.2) is 49.4 Å². The topological polar surface area (TPSA) is 154 Å². The number of hydrogen-bond donors (Lipinski definition) is 5. The van der Waals surface area contributed by atoms with Crippen molar-refractivity contribution in [2.45, 2.75) is 19.1 Å². The number of aromatic amines is 1. The quantitative estimate of drug-likeness (QED) is 0.398. The number of carboxylic acids is 1. The summed E-state index contributed by atoms with van der Waals surface area (Å²) in [6.45, 7) is 1.24. The van der Waals surface area contributed by atoms with Gasteiger partial charge in [0.2, 0.25) is 11.8 Å². The molecule has 0 aromatic carbocycles. The summed E-state index contributed by atoms with van der Waals surface area (Å²) >= 11 is 0. The summed E-state index contributed by atoms with van der Waals surface area (Å²) in [5.74, 6) is -2.51. The molecule has 1 aromatic heterocycles. The van der Waals surface area contributed by atoms with Gasteiger partial charge in [-0.05, 0) is 6.92 Å². The number of nitrogens with one attached hydrogen (secondary N) is 2. The van der Waals surface area contributed by atoms with E-state index in [9.17, 15) is 9.59 Å². The number of rotatable bonds is 4. The number of amides is 1. The third-order valence-corrected chi connectivity index (χ3v) is 1.75. The summed E-state index contributed by atoms with van der Waals surface area (Å²) < 4.78 is 0. The fourth-order valence-corrected chi connectivity index (χ4v) is 0.975. The smallest absolute Gasteiger partial charge is 0.328 e. The van der Waals surface area contributed by atoms with Crippen LogP contribution in [0.4, 0.5) is 5.95 Å². The Balaban J connectivity index is 2.73. The van der Waals surface area contributed by atoms with Crippen molar-refractivity contribution < 1.29 is 19.8 Å². The molecule has 0 aliphatic rings. The Morgan fingerprint density at radius 1 is 1.56 bits per heavy atom. The molecule has 88 valence electrons. The Morgan fingerprint density at radius 2 is 2.19 bits per heavy atom. The number of carboxylic acid groups (broad SMARTS) is 1. The average molecular weight is 229 g/mol. The summed E-state index contributed by atoms with van der Waals surface area (Å²) in [7, 11) is 0. The van der Waals surface area contributed by atoms with E-state index in [1.165, 1.54) is 6.92 Å². The number of carbonyl (C=O) groups excluding carboxylic acids is 1. The first kappa shape index (κ1) is 11.9. The van der Waals surface area contributed by atoms with Crippen LogP contribution in [0.3, 0.4) is 0 Å². The fourth-order valence-electron chi connectivity index (χ4n) is 0.975. The summed E-state index contributed by atoms with van der Waals surface area (Å²) in [4.78, 5) is 25.6. The first-order valence-electron chi connectivity index (χ1n) is 4.31. The zero-order valence-electron chi connectivity index (χ0n) is 8.34. The van der Waals surface area contributed by atoms with Gasteiger partial charge in [0, 0.05) is 0 Å². The molecule has 9 nitrogen and oxygen atoms in total. The van der Waals surface area contributed by atoms with Gasteiger partial charge < -0.3 is 21.3 Å². The van der Waals surface area contributed by atoms with Gasteiger partial charge in [-0.25, -0.2) is 4.79 Å². The zero-order chi connectivity index (χ0) is 12.3. The van der Waals surface area contributed by atoms with Gasteiger partial charge in [0.1, 0.15) is 0 Å². The van der Waals surface area contributed by atoms with Crippen molar-refractivity contribution in [3.8, 4) is 0 Å². The highest BCUT2D eigenvalue weighted by molar-refractivity contribution is 5.93. The summed E-state index contributed by atoms with van der Waals surface area (Å²) in [5.41, 5.74) is 5.17. The van der Waals surface area contributed by atoms with E-state index in [0.29, 0.717) is 0 Å². The van der Waals surface area contributed by atoms with Crippen LogP contribution in [0, 0.1) is 0 Å². The van der Waals surface area contributed by atoms with Crippen LogP contribution in [0.25, 0.3) is 0 Å². The number of nitrogens with two attached hydrogens (primary N) is 1. The second-order valence-electron chi connectivity index (χ2n) is 3.07. The molecule has 0 aliphatic carbocycles. The maximum atomic E-state index is 11.4. The van der Waals surface area contributed by atoms with Crippen LogP contribution < -0.4 is 11.1 Å². The van der Waals surface area contributed by atoms with E-state index in [1.807, 2.05) is 0 Å². The molecule has 1 rings (SSSR count). The van der Waals surface area contributed by atoms with Gasteiger partial charge in [-0.3, -0.25) is 9.89 Å². The third kappa shape index (κ3) is 2.67. The molecule has 0 saturated heterocycles. The van der Waals surface area contributed by atoms with Crippen LogP contribution in [0.15, 0.2) is 0 Å². The van der Waals surface area contributed by atoms with E-state index < -0.39 is 24.0 Å². The first-order chi connectivity index (χ1) is 7.41. The van der Waals surface area contributed by atoms with Crippen molar-refractivity contribution in [3.05, 3.63) is 5.82 Å². The summed E-state index contributed by atoms with van der Waals surface area (Å²) in [6.07, 6.45) is -1.23. The number of aliphatic carboxylic acids is 1. The Hall–Kier alpha value is -2.16. The van der Waals surface area contributed by atoms with Crippen molar-refractivity contribution in [1.29, 1.82) is 0 Å². The molecule has 0 aliphatic heterocycles. The van der Waals surface area contributed by atoms with Gasteiger partial charge in [-0.1, -0.05) is 0 Å². The number of H-pyrrole nitrogens is 1. The molecule has 2 unspecified atom stereocenters. The summed E-state index contributed by atoms with van der Waals surface area (Å²) in [5, 5.41) is 25.5. The lowest BCUT2D eigenvalue weighted by molar-refractivity contribution is -0.141. The van der Waals surface area contributed by atoms with Crippen LogP contribution in [0.5, 0.6) is 0 Å². The van der Waals surface area contributed by atoms with Gasteiger partial charge in [0.05, 0.1) is 6.10 Å². The molecule has 0 saturated carbocycles. The molecular formula is C7H11N5O4. The molecule has 0 radical (unpaired) electrons. The van der Waals surface area contributed by atoms with Gasteiger partial charge in [0.15, 0.2) is 6.04 Å². The molecule has 0 spiro atoms. The number of nitrogen functional groups attached to an aromatic ring is 1. The number of aliphatic hydroxyl groups excluding tert-OH is 1. The molecule has 9 heteroatoms. The number of nitrogens with zero attached hydrogens (tertiary/aromatic N) is 2. The molecular weight excluding hydrogens is 218 g/mol. The maximum Gasteiger partial charge on any atom is 0.328 e. The molecule has 0 bridgehead atoms. The highest BCUT2D eigenvalue weighted by atomic mass is 16.4. The van der Waals surface area contributed by atoms with E-state index in [1.54, 1.807) is 0 Å². The van der Waals surface area contributed by atoms with Crippen LogP contribution in [-0.2, 0) is 4.79 Å². The normalized spacial score (nSPS) is 14.1. The lowest BCUT2D eigenvalue weighted by Crippen LogP contribution is -2.47. The third-order valence-electron chi connectivity index (χ3n) is 1.75. The van der Waals surface area contributed by atoms with Gasteiger partial charge >= 0.3 is 5.97 Å². The van der Waals surface area contributed by atoms with E-state index >= 15 is 0 Å². The van der Waals surface area contributed by atoms with E-state index in [4.69, 9.17) is 15.9 Å². The van der Waals surface area contributed by atoms with E-state index in [-0.39, 0.29) is 11.8 Å². The minimum Gasteiger partial charge on any atom is -0.480 e. The van der Waals surface area contributed by atoms with Crippen LogP contribution >= 0.6 is 0 Å². The predicted octanol–water partition coefficient (Wildman–Crippen LogP) is -2.05. The molecule has 1 amide bonds. The monoisotopic (exact) mass is 229 g/mol. The first-order valence-corrected chi connectivity index (χ1v) is 4.31. The minimum atomic E-state index is -1.42. The highest BCUT2D eigenvalue weighted by Crippen LogP contribution is 1.97. The van der Waals surface area contributed by atoms with Crippen LogP contribution in [0.1, 0.15) is 17.5 Å². The number of aromatic nitrogens is 3. The van der Waals surface area contributed by atoms with Gasteiger partial charge in [0.25, 0.3) is 5.91 Å². The predicted molar refractivity (Wildman–Crippen MR) is 51.4 cm³/mol. The van der Waals surface area contributed by atoms with Gasteiger partial charge in [-0.15, -0.1) is 5.10 Å². The Kier molecular flexibility index (Phi) is 3.40. The molecule has 0 fully saturated rings. The lowest BCUT2D eigenvalue weighted by Gasteiger charge is -2.15. The molecule has 16 heavy (non-hydrogen) atoms. The van der Waals surface area contributed by atoms with Crippen molar-refractivity contribution >= 4 is 17.8 Å². The van der Waals surface area contributed by atoms with E-state index in [0.717, 1.165) is 0 Å². The van der Waals surface area contributed by atoms with Crippen molar-refractivity contribution in [3.63, 3.8) is 0 Å². The Morgan fingerprint density at radius 3 is 2.56 bits per heavy atom. The number of carbonyl (C=O) groups is 2. The fraction of sp³-hybridized carbons (Fsp3) is 0.429. The van der Waals surface area contributed by atoms with Crippen molar-refractivity contribution in [2.75, 3.05) is 5.73 Å². The molecule has 6 N–H and O–H groups in total. The molecule has 1 heterocycles. The lowest BCUT2D eigenvalue weighted by atomic mass is 10.2. The average Bonchev–Trinajstić information content (AvgIpc) is 2.59. The molecule has 1 aromatic rings. The van der Waals surface area contributed by atoms with Crippen LogP contribution in [0.2, 0.25) is 0 Å². The second kappa shape index (κ2) is 4.57. The van der Waals surface area contributed by atoms with E-state index in [2.05, 4.69) is 20.5 Å².